The molecule has 8 heteroatoms. The van der Waals surface area contributed by atoms with Crippen molar-refractivity contribution in [1.82, 2.24) is 29.7 Å². The fourth-order valence-corrected chi connectivity index (χ4v) is 1.77. The predicted molar refractivity (Wildman–Crippen MR) is 71.8 cm³/mol. The van der Waals surface area contributed by atoms with Gasteiger partial charge in [-0.25, -0.2) is 4.98 Å². The summed E-state index contributed by atoms with van der Waals surface area (Å²) < 4.78 is 7.24. The van der Waals surface area contributed by atoms with Gasteiger partial charge in [0.2, 0.25) is 5.95 Å². The van der Waals surface area contributed by atoms with Crippen molar-refractivity contribution in [1.29, 1.82) is 0 Å². The normalized spacial score (nSPS) is 14.8. The summed E-state index contributed by atoms with van der Waals surface area (Å²) in [5.41, 5.74) is 0. The predicted octanol–water partition coefficient (Wildman–Crippen LogP) is 1.21. The Morgan fingerprint density at radius 2 is 2.25 bits per heavy atom. The second-order valence-corrected chi connectivity index (χ2v) is 4.68. The molecule has 0 bridgehead atoms. The van der Waals surface area contributed by atoms with Gasteiger partial charge in [0.1, 0.15) is 18.8 Å². The zero-order valence-electron chi connectivity index (χ0n) is 11.4. The maximum Gasteiger partial charge on any atom is 0.323 e. The zero-order valence-corrected chi connectivity index (χ0v) is 11.4. The summed E-state index contributed by atoms with van der Waals surface area (Å²) in [5, 5.41) is 7.17. The van der Waals surface area contributed by atoms with Crippen molar-refractivity contribution in [3.05, 3.63) is 12.7 Å². The van der Waals surface area contributed by atoms with Crippen LogP contribution in [-0.4, -0.2) is 42.4 Å². The van der Waals surface area contributed by atoms with E-state index in [9.17, 15) is 0 Å². The molecule has 2 heterocycles. The van der Waals surface area contributed by atoms with Crippen molar-refractivity contribution in [2.45, 2.75) is 38.7 Å². The number of nitrogens with one attached hydrogen (secondary N) is 1. The first kappa shape index (κ1) is 12.8. The average Bonchev–Trinajstić information content (AvgIpc) is 2.94. The van der Waals surface area contributed by atoms with Crippen molar-refractivity contribution in [2.24, 2.45) is 0 Å². The quantitative estimate of drug-likeness (QED) is 0.847. The number of anilines is 1. The maximum absolute atomic E-state index is 5.75. The molecule has 3 rings (SSSR count). The number of aromatic nitrogens is 6. The van der Waals surface area contributed by atoms with E-state index in [1.165, 1.54) is 17.4 Å². The van der Waals surface area contributed by atoms with Gasteiger partial charge >= 0.3 is 6.01 Å². The Kier molecular flexibility index (Phi) is 3.71. The Bertz CT molecular complexity index is 553. The molecule has 0 radical (unpaired) electrons. The van der Waals surface area contributed by atoms with Crippen LogP contribution in [0.15, 0.2) is 12.7 Å². The summed E-state index contributed by atoms with van der Waals surface area (Å²) in [6.07, 6.45) is 7.52. The van der Waals surface area contributed by atoms with Crippen LogP contribution in [0.5, 0.6) is 6.01 Å². The molecule has 2 aromatic rings. The van der Waals surface area contributed by atoms with Crippen LogP contribution in [0.1, 0.15) is 32.6 Å². The van der Waals surface area contributed by atoms with Gasteiger partial charge in [0.15, 0.2) is 0 Å². The average molecular weight is 275 g/mol. The van der Waals surface area contributed by atoms with Gasteiger partial charge in [-0.3, -0.25) is 0 Å². The van der Waals surface area contributed by atoms with Gasteiger partial charge in [-0.05, 0) is 25.7 Å². The van der Waals surface area contributed by atoms with Crippen molar-refractivity contribution in [3.63, 3.8) is 0 Å². The van der Waals surface area contributed by atoms with Crippen LogP contribution in [0.25, 0.3) is 5.95 Å². The van der Waals surface area contributed by atoms with E-state index in [0.29, 0.717) is 17.9 Å². The van der Waals surface area contributed by atoms with Gasteiger partial charge in [-0.2, -0.15) is 24.7 Å². The standard InChI is InChI=1S/C12H17N7O/c1-2-6-14-10-16-11(19-8-13-7-15-19)18-12(17-10)20-9-4-3-5-9/h7-9H,2-6H2,1H3,(H,14,16,17,18). The lowest BCUT2D eigenvalue weighted by atomic mass is 9.96. The molecule has 0 saturated heterocycles. The molecule has 0 amide bonds. The lowest BCUT2D eigenvalue weighted by molar-refractivity contribution is 0.108. The SMILES string of the molecule is CCCNc1nc(OC2CCC2)nc(-n2cncn2)n1. The monoisotopic (exact) mass is 275 g/mol. The van der Waals surface area contributed by atoms with Crippen LogP contribution in [0, 0.1) is 0 Å². The van der Waals surface area contributed by atoms with E-state index < -0.39 is 0 Å². The lowest BCUT2D eigenvalue weighted by Gasteiger charge is -2.25. The number of rotatable bonds is 6. The second kappa shape index (κ2) is 5.81. The molecule has 0 unspecified atom stereocenters. The highest BCUT2D eigenvalue weighted by Gasteiger charge is 2.21. The number of hydrogen-bond donors (Lipinski definition) is 1. The van der Waals surface area contributed by atoms with Gasteiger partial charge in [0.05, 0.1) is 0 Å². The molecule has 8 nitrogen and oxygen atoms in total. The van der Waals surface area contributed by atoms with E-state index in [1.54, 1.807) is 6.33 Å². The van der Waals surface area contributed by atoms with E-state index >= 15 is 0 Å². The smallest absolute Gasteiger partial charge is 0.323 e. The molecule has 1 saturated carbocycles. The Morgan fingerprint density at radius 3 is 2.90 bits per heavy atom. The first-order valence-corrected chi connectivity index (χ1v) is 6.87. The van der Waals surface area contributed by atoms with Crippen LogP contribution in [-0.2, 0) is 0 Å². The van der Waals surface area contributed by atoms with Crippen LogP contribution >= 0.6 is 0 Å². The third-order valence-electron chi connectivity index (χ3n) is 3.08. The van der Waals surface area contributed by atoms with E-state index in [4.69, 9.17) is 4.74 Å². The topological polar surface area (TPSA) is 90.6 Å². The highest BCUT2D eigenvalue weighted by Crippen LogP contribution is 2.23. The molecule has 2 aromatic heterocycles. The summed E-state index contributed by atoms with van der Waals surface area (Å²) in [6.45, 7) is 2.88. The molecular weight excluding hydrogens is 258 g/mol. The molecule has 1 aliphatic carbocycles. The molecule has 106 valence electrons. The van der Waals surface area contributed by atoms with Gasteiger partial charge in [-0.1, -0.05) is 6.92 Å². The van der Waals surface area contributed by atoms with Crippen LogP contribution < -0.4 is 10.1 Å². The molecule has 20 heavy (non-hydrogen) atoms. The fourth-order valence-electron chi connectivity index (χ4n) is 1.77. The van der Waals surface area contributed by atoms with Crippen molar-refractivity contribution < 1.29 is 4.74 Å². The Labute approximate surface area is 116 Å². The Morgan fingerprint density at radius 1 is 1.35 bits per heavy atom. The molecular formula is C12H17N7O. The van der Waals surface area contributed by atoms with Crippen molar-refractivity contribution in [3.8, 4) is 12.0 Å². The van der Waals surface area contributed by atoms with Gasteiger partial charge < -0.3 is 10.1 Å². The second-order valence-electron chi connectivity index (χ2n) is 4.68. The van der Waals surface area contributed by atoms with E-state index in [0.717, 1.165) is 25.8 Å². The molecule has 0 atom stereocenters. The first-order valence-electron chi connectivity index (χ1n) is 6.87. The Balaban J connectivity index is 1.85. The highest BCUT2D eigenvalue weighted by atomic mass is 16.5. The zero-order chi connectivity index (χ0) is 13.8. The molecule has 0 aliphatic heterocycles. The molecule has 1 N–H and O–H groups in total. The van der Waals surface area contributed by atoms with Crippen molar-refractivity contribution >= 4 is 5.95 Å². The summed E-state index contributed by atoms with van der Waals surface area (Å²) in [6, 6.07) is 0.341. The van der Waals surface area contributed by atoms with Gasteiger partial charge in [-0.15, -0.1) is 0 Å². The van der Waals surface area contributed by atoms with Gasteiger partial charge in [0.25, 0.3) is 5.95 Å². The summed E-state index contributed by atoms with van der Waals surface area (Å²) >= 11 is 0. The summed E-state index contributed by atoms with van der Waals surface area (Å²) in [4.78, 5) is 16.8. The highest BCUT2D eigenvalue weighted by molar-refractivity contribution is 5.29. The minimum Gasteiger partial charge on any atom is -0.460 e. The van der Waals surface area contributed by atoms with Crippen LogP contribution in [0.2, 0.25) is 0 Å². The minimum absolute atomic E-state index is 0.222. The number of ether oxygens (including phenoxy) is 1. The maximum atomic E-state index is 5.75. The summed E-state index contributed by atoms with van der Waals surface area (Å²) in [7, 11) is 0. The number of nitrogens with zero attached hydrogens (tertiary/aromatic N) is 6. The van der Waals surface area contributed by atoms with Crippen molar-refractivity contribution in [2.75, 3.05) is 11.9 Å². The number of hydrogen-bond acceptors (Lipinski definition) is 7. The van der Waals surface area contributed by atoms with E-state index in [2.05, 4.69) is 37.3 Å². The third kappa shape index (κ3) is 2.84. The van der Waals surface area contributed by atoms with Crippen LogP contribution in [0.4, 0.5) is 5.95 Å². The fraction of sp³-hybridized carbons (Fsp3) is 0.583. The van der Waals surface area contributed by atoms with Crippen LogP contribution in [0.3, 0.4) is 0 Å². The van der Waals surface area contributed by atoms with E-state index in [1.807, 2.05) is 0 Å². The largest absolute Gasteiger partial charge is 0.460 e. The lowest BCUT2D eigenvalue weighted by Crippen LogP contribution is -2.26. The molecule has 1 aliphatic rings. The molecule has 0 aromatic carbocycles. The summed E-state index contributed by atoms with van der Waals surface area (Å²) in [5.74, 6) is 0.909. The Hall–Kier alpha value is -2.25. The van der Waals surface area contributed by atoms with Gasteiger partial charge in [0, 0.05) is 6.54 Å². The first-order chi connectivity index (χ1) is 9.85. The molecule has 1 fully saturated rings. The minimum atomic E-state index is 0.222. The van der Waals surface area contributed by atoms with E-state index in [-0.39, 0.29) is 6.10 Å². The molecule has 0 spiro atoms. The third-order valence-corrected chi connectivity index (χ3v) is 3.08.